The molecule has 2 rings (SSSR count). The lowest BCUT2D eigenvalue weighted by atomic mass is 9.78. The van der Waals surface area contributed by atoms with Gasteiger partial charge in [0, 0.05) is 20.2 Å². The highest BCUT2D eigenvalue weighted by Gasteiger charge is 2.47. The molecular formula is C9H15NO2. The zero-order valence-corrected chi connectivity index (χ0v) is 7.51. The standard InChI is InChI=1S/C9H15NO2/c1-12-9(4-2-5-9)8(11)10-6-3-7-10/h2-7H2,1H3. The van der Waals surface area contributed by atoms with E-state index in [0.717, 1.165) is 38.8 Å². The van der Waals surface area contributed by atoms with Gasteiger partial charge >= 0.3 is 0 Å². The number of ether oxygens (including phenoxy) is 1. The molecule has 0 spiro atoms. The number of hydrogen-bond donors (Lipinski definition) is 0. The molecule has 1 aliphatic heterocycles. The summed E-state index contributed by atoms with van der Waals surface area (Å²) in [6, 6.07) is 0. The molecule has 2 fully saturated rings. The van der Waals surface area contributed by atoms with E-state index in [1.165, 1.54) is 0 Å². The molecule has 1 saturated heterocycles. The average molecular weight is 169 g/mol. The van der Waals surface area contributed by atoms with Crippen molar-refractivity contribution >= 4 is 5.91 Å². The minimum absolute atomic E-state index is 0.225. The lowest BCUT2D eigenvalue weighted by Gasteiger charge is -2.44. The van der Waals surface area contributed by atoms with Crippen molar-refractivity contribution in [1.82, 2.24) is 4.90 Å². The van der Waals surface area contributed by atoms with Gasteiger partial charge in [0.05, 0.1) is 0 Å². The van der Waals surface area contributed by atoms with Crippen LogP contribution in [0.5, 0.6) is 0 Å². The molecule has 0 unspecified atom stereocenters. The van der Waals surface area contributed by atoms with Gasteiger partial charge in [-0.05, 0) is 25.7 Å². The van der Waals surface area contributed by atoms with Crippen LogP contribution in [0.25, 0.3) is 0 Å². The number of carbonyl (C=O) groups is 1. The second-order valence-corrected chi connectivity index (χ2v) is 3.70. The fourth-order valence-corrected chi connectivity index (χ4v) is 1.81. The minimum atomic E-state index is -0.416. The van der Waals surface area contributed by atoms with Crippen LogP contribution in [-0.4, -0.2) is 36.6 Å². The molecule has 1 heterocycles. The monoisotopic (exact) mass is 169 g/mol. The zero-order valence-electron chi connectivity index (χ0n) is 7.51. The number of methoxy groups -OCH3 is 1. The summed E-state index contributed by atoms with van der Waals surface area (Å²) in [5.41, 5.74) is -0.416. The van der Waals surface area contributed by atoms with E-state index in [9.17, 15) is 4.79 Å². The lowest BCUT2D eigenvalue weighted by Crippen LogP contribution is -2.58. The maximum absolute atomic E-state index is 11.8. The Labute approximate surface area is 72.7 Å². The van der Waals surface area contributed by atoms with Crippen LogP contribution < -0.4 is 0 Å². The van der Waals surface area contributed by atoms with Crippen LogP contribution in [0.2, 0.25) is 0 Å². The summed E-state index contributed by atoms with van der Waals surface area (Å²) in [6.07, 6.45) is 4.12. The van der Waals surface area contributed by atoms with Crippen molar-refractivity contribution in [3.63, 3.8) is 0 Å². The first-order valence-corrected chi connectivity index (χ1v) is 4.63. The van der Waals surface area contributed by atoms with Gasteiger partial charge in [0.25, 0.3) is 5.91 Å². The first-order valence-electron chi connectivity index (χ1n) is 4.63. The molecule has 0 aromatic rings. The highest BCUT2D eigenvalue weighted by Crippen LogP contribution is 2.37. The van der Waals surface area contributed by atoms with E-state index >= 15 is 0 Å². The third-order valence-corrected chi connectivity index (χ3v) is 3.09. The van der Waals surface area contributed by atoms with Gasteiger partial charge in [-0.15, -0.1) is 0 Å². The van der Waals surface area contributed by atoms with Crippen LogP contribution in [0.4, 0.5) is 0 Å². The van der Waals surface area contributed by atoms with Crippen molar-refractivity contribution < 1.29 is 9.53 Å². The second-order valence-electron chi connectivity index (χ2n) is 3.70. The number of hydrogen-bond acceptors (Lipinski definition) is 2. The third kappa shape index (κ3) is 0.959. The van der Waals surface area contributed by atoms with Crippen LogP contribution in [-0.2, 0) is 9.53 Å². The van der Waals surface area contributed by atoms with E-state index in [0.29, 0.717) is 0 Å². The van der Waals surface area contributed by atoms with E-state index in [-0.39, 0.29) is 5.91 Å². The van der Waals surface area contributed by atoms with Crippen LogP contribution in [0.15, 0.2) is 0 Å². The lowest BCUT2D eigenvalue weighted by molar-refractivity contribution is -0.169. The summed E-state index contributed by atoms with van der Waals surface area (Å²) in [5.74, 6) is 0.225. The smallest absolute Gasteiger partial charge is 0.254 e. The van der Waals surface area contributed by atoms with Crippen molar-refractivity contribution in [3.8, 4) is 0 Å². The maximum atomic E-state index is 11.8. The highest BCUT2D eigenvalue weighted by molar-refractivity contribution is 5.86. The molecule has 0 atom stereocenters. The van der Waals surface area contributed by atoms with Crippen LogP contribution in [0.1, 0.15) is 25.7 Å². The number of rotatable bonds is 2. The SMILES string of the molecule is COC1(C(=O)N2CCC2)CCC1. The molecule has 0 N–H and O–H groups in total. The van der Waals surface area contributed by atoms with Crippen LogP contribution in [0, 0.1) is 0 Å². The Hall–Kier alpha value is -0.570. The van der Waals surface area contributed by atoms with E-state index < -0.39 is 5.60 Å². The number of carbonyl (C=O) groups excluding carboxylic acids is 1. The predicted octanol–water partition coefficient (Wildman–Crippen LogP) is 0.788. The molecule has 12 heavy (non-hydrogen) atoms. The van der Waals surface area contributed by atoms with Gasteiger partial charge in [-0.3, -0.25) is 4.79 Å². The first kappa shape index (κ1) is 8.05. The molecular weight excluding hydrogens is 154 g/mol. The molecule has 0 aromatic carbocycles. The number of likely N-dealkylation sites (tertiary alicyclic amines) is 1. The van der Waals surface area contributed by atoms with Crippen LogP contribution in [0.3, 0.4) is 0 Å². The van der Waals surface area contributed by atoms with Crippen molar-refractivity contribution in [2.45, 2.75) is 31.3 Å². The van der Waals surface area contributed by atoms with E-state index in [2.05, 4.69) is 0 Å². The molecule has 0 radical (unpaired) electrons. The summed E-state index contributed by atoms with van der Waals surface area (Å²) < 4.78 is 5.30. The van der Waals surface area contributed by atoms with Crippen molar-refractivity contribution in [1.29, 1.82) is 0 Å². The van der Waals surface area contributed by atoms with Crippen molar-refractivity contribution in [3.05, 3.63) is 0 Å². The fraction of sp³-hybridized carbons (Fsp3) is 0.889. The number of nitrogens with zero attached hydrogens (tertiary/aromatic N) is 1. The summed E-state index contributed by atoms with van der Waals surface area (Å²) in [7, 11) is 1.65. The van der Waals surface area contributed by atoms with Gasteiger partial charge in [-0.25, -0.2) is 0 Å². The Morgan fingerprint density at radius 2 is 2.00 bits per heavy atom. The summed E-state index contributed by atoms with van der Waals surface area (Å²) in [6.45, 7) is 1.87. The zero-order chi connectivity index (χ0) is 8.60. The molecule has 1 saturated carbocycles. The largest absolute Gasteiger partial charge is 0.368 e. The average Bonchev–Trinajstić information content (AvgIpc) is 1.81. The topological polar surface area (TPSA) is 29.5 Å². The van der Waals surface area contributed by atoms with Gasteiger partial charge in [0.2, 0.25) is 0 Å². The van der Waals surface area contributed by atoms with Gasteiger partial charge in [0.1, 0.15) is 5.60 Å². The molecule has 1 amide bonds. The molecule has 1 aliphatic carbocycles. The minimum Gasteiger partial charge on any atom is -0.368 e. The Morgan fingerprint density at radius 3 is 2.25 bits per heavy atom. The second kappa shape index (κ2) is 2.73. The van der Waals surface area contributed by atoms with E-state index in [1.807, 2.05) is 4.90 Å². The summed E-state index contributed by atoms with van der Waals surface area (Å²) in [4.78, 5) is 13.7. The molecule has 0 bridgehead atoms. The molecule has 3 nitrogen and oxygen atoms in total. The number of amides is 1. The van der Waals surface area contributed by atoms with E-state index in [1.54, 1.807) is 7.11 Å². The summed E-state index contributed by atoms with van der Waals surface area (Å²) in [5, 5.41) is 0. The van der Waals surface area contributed by atoms with Crippen LogP contribution >= 0.6 is 0 Å². The van der Waals surface area contributed by atoms with Crippen molar-refractivity contribution in [2.24, 2.45) is 0 Å². The Balaban J connectivity index is 2.00. The Kier molecular flexibility index (Phi) is 1.83. The Bertz CT molecular complexity index is 189. The van der Waals surface area contributed by atoms with Crippen molar-refractivity contribution in [2.75, 3.05) is 20.2 Å². The first-order chi connectivity index (χ1) is 5.78. The highest BCUT2D eigenvalue weighted by atomic mass is 16.5. The maximum Gasteiger partial charge on any atom is 0.254 e. The van der Waals surface area contributed by atoms with Gasteiger partial charge in [-0.1, -0.05) is 0 Å². The molecule has 2 aliphatic rings. The summed E-state index contributed by atoms with van der Waals surface area (Å²) >= 11 is 0. The molecule has 68 valence electrons. The Morgan fingerprint density at radius 1 is 1.33 bits per heavy atom. The third-order valence-electron chi connectivity index (χ3n) is 3.09. The quantitative estimate of drug-likeness (QED) is 0.611. The molecule has 0 aromatic heterocycles. The normalized spacial score (nSPS) is 25.9. The molecule has 3 heteroatoms. The predicted molar refractivity (Wildman–Crippen MR) is 44.8 cm³/mol. The van der Waals surface area contributed by atoms with Gasteiger partial charge in [0.15, 0.2) is 0 Å². The van der Waals surface area contributed by atoms with E-state index in [4.69, 9.17) is 4.74 Å². The van der Waals surface area contributed by atoms with Gasteiger partial charge < -0.3 is 9.64 Å². The fourth-order valence-electron chi connectivity index (χ4n) is 1.81. The van der Waals surface area contributed by atoms with Gasteiger partial charge in [-0.2, -0.15) is 0 Å².